The van der Waals surface area contributed by atoms with E-state index < -0.39 is 11.9 Å². The number of carboxylic acids is 2. The van der Waals surface area contributed by atoms with Crippen molar-refractivity contribution in [1.82, 2.24) is 0 Å². The van der Waals surface area contributed by atoms with Gasteiger partial charge in [-0.15, -0.1) is 0 Å². The number of carbonyl (C=O) groups is 2. The molecule has 0 atom stereocenters. The number of nitrogens with one attached hydrogen (secondary N) is 1. The van der Waals surface area contributed by atoms with Crippen LogP contribution in [-0.4, -0.2) is 28.9 Å². The van der Waals surface area contributed by atoms with Crippen LogP contribution in [0.5, 0.6) is 11.5 Å². The van der Waals surface area contributed by atoms with Gasteiger partial charge < -0.3 is 25.0 Å². The molecule has 1 aliphatic rings. The average molecular weight is 410 g/mol. The molecule has 3 N–H and O–H groups in total. The van der Waals surface area contributed by atoms with E-state index in [2.05, 4.69) is 46.4 Å². The lowest BCUT2D eigenvalue weighted by Gasteiger charge is -2.09. The summed E-state index contributed by atoms with van der Waals surface area (Å²) in [6.45, 7) is 3.14. The molecule has 0 saturated heterocycles. The van der Waals surface area contributed by atoms with Crippen LogP contribution in [-0.2, 0) is 16.1 Å². The van der Waals surface area contributed by atoms with E-state index in [1.54, 1.807) is 0 Å². The summed E-state index contributed by atoms with van der Waals surface area (Å²) < 4.78 is 11.7. The van der Waals surface area contributed by atoms with Crippen LogP contribution >= 0.6 is 15.9 Å². The molecule has 2 aromatic rings. The number of ether oxygens (including phenoxy) is 2. The molecule has 0 unspecified atom stereocenters. The smallest absolute Gasteiger partial charge is 0.414 e. The van der Waals surface area contributed by atoms with Gasteiger partial charge in [-0.05, 0) is 58.2 Å². The lowest BCUT2D eigenvalue weighted by molar-refractivity contribution is -0.159. The number of hydrogen-bond donors (Lipinski definition) is 3. The minimum Gasteiger partial charge on any atom is -0.473 e. The highest BCUT2D eigenvalue weighted by molar-refractivity contribution is 9.10. The number of hydrogen-bond acceptors (Lipinski definition) is 5. The fourth-order valence-electron chi connectivity index (χ4n) is 2.01. The molecular formula is C17H16BrNO6. The molecular weight excluding hydrogens is 394 g/mol. The van der Waals surface area contributed by atoms with Crippen molar-refractivity contribution in [3.8, 4) is 11.5 Å². The van der Waals surface area contributed by atoms with Crippen molar-refractivity contribution in [3.05, 3.63) is 52.0 Å². The van der Waals surface area contributed by atoms with Gasteiger partial charge in [0.15, 0.2) is 11.5 Å². The number of carboxylic acid groups (broad SMARTS) is 2. The Morgan fingerprint density at radius 3 is 2.40 bits per heavy atom. The molecule has 3 rings (SSSR count). The van der Waals surface area contributed by atoms with Crippen LogP contribution in [0.15, 0.2) is 40.9 Å². The molecule has 0 spiro atoms. The fourth-order valence-corrected chi connectivity index (χ4v) is 2.65. The zero-order valence-corrected chi connectivity index (χ0v) is 14.9. The standard InChI is InChI=1S/C15H14BrNO2.C2H2O4/c1-10-2-4-13(12(16)6-10)17-8-11-3-5-14-15(7-11)19-9-18-14;3-1(4)2(5)6/h2-7,17H,8-9H2,1H3;(H,3,4)(H,5,6). The zero-order chi connectivity index (χ0) is 18.4. The van der Waals surface area contributed by atoms with Crippen molar-refractivity contribution in [3.63, 3.8) is 0 Å². The summed E-state index contributed by atoms with van der Waals surface area (Å²) in [7, 11) is 0. The average Bonchev–Trinajstić information content (AvgIpc) is 3.02. The van der Waals surface area contributed by atoms with Crippen LogP contribution in [0.25, 0.3) is 0 Å². The number of aliphatic carboxylic acids is 2. The van der Waals surface area contributed by atoms with Crippen molar-refractivity contribution in [1.29, 1.82) is 0 Å². The topological polar surface area (TPSA) is 105 Å². The van der Waals surface area contributed by atoms with Gasteiger partial charge in [0.25, 0.3) is 0 Å². The van der Waals surface area contributed by atoms with Crippen LogP contribution in [0, 0.1) is 6.92 Å². The third kappa shape index (κ3) is 5.39. The maximum atomic E-state index is 9.10. The molecule has 0 bridgehead atoms. The Morgan fingerprint density at radius 2 is 1.76 bits per heavy atom. The fraction of sp³-hybridized carbons (Fsp3) is 0.176. The third-order valence-electron chi connectivity index (χ3n) is 3.23. The summed E-state index contributed by atoms with van der Waals surface area (Å²) in [5, 5.41) is 18.2. The van der Waals surface area contributed by atoms with Crippen molar-refractivity contribution in [2.75, 3.05) is 12.1 Å². The number of rotatable bonds is 3. The molecule has 8 heteroatoms. The molecule has 0 fully saturated rings. The van der Waals surface area contributed by atoms with Crippen LogP contribution in [0.3, 0.4) is 0 Å². The van der Waals surface area contributed by atoms with Gasteiger partial charge in [-0.3, -0.25) is 0 Å². The molecule has 0 saturated carbocycles. The molecule has 0 amide bonds. The van der Waals surface area contributed by atoms with Gasteiger partial charge in [-0.1, -0.05) is 12.1 Å². The first-order valence-corrected chi connectivity index (χ1v) is 8.01. The van der Waals surface area contributed by atoms with Crippen molar-refractivity contribution in [2.45, 2.75) is 13.5 Å². The summed E-state index contributed by atoms with van der Waals surface area (Å²) in [5.41, 5.74) is 3.49. The summed E-state index contributed by atoms with van der Waals surface area (Å²) in [5.74, 6) is -2.01. The molecule has 7 nitrogen and oxygen atoms in total. The van der Waals surface area contributed by atoms with Gasteiger partial charge in [-0.25, -0.2) is 9.59 Å². The van der Waals surface area contributed by atoms with Crippen LogP contribution < -0.4 is 14.8 Å². The van der Waals surface area contributed by atoms with Crippen molar-refractivity contribution < 1.29 is 29.3 Å². The third-order valence-corrected chi connectivity index (χ3v) is 3.88. The summed E-state index contributed by atoms with van der Waals surface area (Å²) in [6.07, 6.45) is 0. The Labute approximate surface area is 152 Å². The van der Waals surface area contributed by atoms with Crippen molar-refractivity contribution >= 4 is 33.6 Å². The van der Waals surface area contributed by atoms with Gasteiger partial charge in [0.05, 0.1) is 0 Å². The SMILES string of the molecule is Cc1ccc(NCc2ccc3c(c2)OCO3)c(Br)c1.O=C(O)C(=O)O. The van der Waals surface area contributed by atoms with E-state index in [1.807, 2.05) is 18.2 Å². The van der Waals surface area contributed by atoms with Crippen LogP contribution in [0.4, 0.5) is 5.69 Å². The highest BCUT2D eigenvalue weighted by Gasteiger charge is 2.13. The molecule has 132 valence electrons. The monoisotopic (exact) mass is 409 g/mol. The highest BCUT2D eigenvalue weighted by Crippen LogP contribution is 2.33. The Hall–Kier alpha value is -2.74. The van der Waals surface area contributed by atoms with Crippen LogP contribution in [0.2, 0.25) is 0 Å². The molecule has 1 heterocycles. The van der Waals surface area contributed by atoms with E-state index in [0.717, 1.165) is 33.8 Å². The predicted octanol–water partition coefficient (Wildman–Crippen LogP) is 3.25. The summed E-state index contributed by atoms with van der Waals surface area (Å²) in [4.78, 5) is 18.2. The second-order valence-electron chi connectivity index (χ2n) is 5.13. The second kappa shape index (κ2) is 8.39. The van der Waals surface area contributed by atoms with Gasteiger partial charge in [-0.2, -0.15) is 0 Å². The van der Waals surface area contributed by atoms with E-state index in [1.165, 1.54) is 5.56 Å². The molecule has 2 aromatic carbocycles. The summed E-state index contributed by atoms with van der Waals surface area (Å²) >= 11 is 3.56. The first kappa shape index (κ1) is 18.6. The number of halogens is 1. The highest BCUT2D eigenvalue weighted by atomic mass is 79.9. The second-order valence-corrected chi connectivity index (χ2v) is 5.99. The minimum atomic E-state index is -1.82. The van der Waals surface area contributed by atoms with Crippen molar-refractivity contribution in [2.24, 2.45) is 0 Å². The Bertz CT molecular complexity index is 781. The van der Waals surface area contributed by atoms with Gasteiger partial charge in [0, 0.05) is 16.7 Å². The quantitative estimate of drug-likeness (QED) is 0.668. The first-order valence-electron chi connectivity index (χ1n) is 7.21. The Kier molecular flexibility index (Phi) is 6.24. The Morgan fingerprint density at radius 1 is 1.08 bits per heavy atom. The number of fused-ring (bicyclic) bond motifs is 1. The van der Waals surface area contributed by atoms with E-state index >= 15 is 0 Å². The normalized spacial score (nSPS) is 11.3. The molecule has 0 aromatic heterocycles. The molecule has 1 aliphatic heterocycles. The van der Waals surface area contributed by atoms with E-state index in [-0.39, 0.29) is 0 Å². The maximum Gasteiger partial charge on any atom is 0.414 e. The first-order chi connectivity index (χ1) is 11.9. The lowest BCUT2D eigenvalue weighted by atomic mass is 10.2. The molecule has 0 aliphatic carbocycles. The van der Waals surface area contributed by atoms with Gasteiger partial charge in [0.2, 0.25) is 6.79 Å². The molecule has 25 heavy (non-hydrogen) atoms. The predicted molar refractivity (Wildman–Crippen MR) is 94.0 cm³/mol. The van der Waals surface area contributed by atoms with Gasteiger partial charge >= 0.3 is 11.9 Å². The lowest BCUT2D eigenvalue weighted by Crippen LogP contribution is -2.09. The Balaban J connectivity index is 0.000000326. The number of aryl methyl sites for hydroxylation is 1. The number of benzene rings is 2. The number of anilines is 1. The van der Waals surface area contributed by atoms with E-state index in [4.69, 9.17) is 29.3 Å². The zero-order valence-electron chi connectivity index (χ0n) is 13.3. The van der Waals surface area contributed by atoms with E-state index in [0.29, 0.717) is 6.79 Å². The summed E-state index contributed by atoms with van der Waals surface area (Å²) in [6, 6.07) is 12.3. The van der Waals surface area contributed by atoms with Crippen LogP contribution in [0.1, 0.15) is 11.1 Å². The largest absolute Gasteiger partial charge is 0.473 e. The minimum absolute atomic E-state index is 0.315. The van der Waals surface area contributed by atoms with E-state index in [9.17, 15) is 0 Å². The maximum absolute atomic E-state index is 9.10. The molecule has 0 radical (unpaired) electrons. The van der Waals surface area contributed by atoms with Gasteiger partial charge in [0.1, 0.15) is 0 Å².